The molecule has 2 aromatic heterocycles. The van der Waals surface area contributed by atoms with Crippen molar-refractivity contribution in [3.05, 3.63) is 40.6 Å². The first-order valence-corrected chi connectivity index (χ1v) is 9.07. The number of nitrogens with one attached hydrogen (secondary N) is 1. The summed E-state index contributed by atoms with van der Waals surface area (Å²) in [5.41, 5.74) is 2.39. The first-order chi connectivity index (χ1) is 12.3. The Morgan fingerprint density at radius 3 is 2.73 bits per heavy atom. The molecule has 2 atom stereocenters. The molecule has 1 N–H and O–H groups in total. The van der Waals surface area contributed by atoms with Gasteiger partial charge in [-0.2, -0.15) is 5.10 Å². The number of ether oxygens (including phenoxy) is 1. The van der Waals surface area contributed by atoms with E-state index in [0.717, 1.165) is 29.3 Å². The normalized spacial score (nSPS) is 19.6. The van der Waals surface area contributed by atoms with Crippen LogP contribution in [0.15, 0.2) is 16.5 Å². The van der Waals surface area contributed by atoms with Crippen molar-refractivity contribution in [2.75, 3.05) is 27.2 Å². The van der Waals surface area contributed by atoms with Gasteiger partial charge in [-0.25, -0.2) is 0 Å². The molecule has 1 aliphatic heterocycles. The zero-order valence-corrected chi connectivity index (χ0v) is 16.2. The van der Waals surface area contributed by atoms with Gasteiger partial charge in [0.15, 0.2) is 5.69 Å². The third-order valence-corrected chi connectivity index (χ3v) is 4.68. The first kappa shape index (κ1) is 18.7. The number of amides is 1. The van der Waals surface area contributed by atoms with E-state index in [-0.39, 0.29) is 18.1 Å². The maximum absolute atomic E-state index is 13.3. The number of H-pyrrole nitrogens is 1. The Morgan fingerprint density at radius 1 is 1.31 bits per heavy atom. The Labute approximate surface area is 154 Å². The molecular weight excluding hydrogens is 332 g/mol. The Balaban J connectivity index is 1.85. The molecule has 3 rings (SSSR count). The Kier molecular flexibility index (Phi) is 5.48. The molecule has 7 nitrogen and oxygen atoms in total. The van der Waals surface area contributed by atoms with Gasteiger partial charge in [-0.1, -0.05) is 0 Å². The molecule has 0 fully saturated rings. The van der Waals surface area contributed by atoms with Crippen LogP contribution in [-0.2, 0) is 17.7 Å². The zero-order valence-electron chi connectivity index (χ0n) is 16.2. The molecule has 0 unspecified atom stereocenters. The molecule has 2 aromatic rings. The number of aromatic nitrogens is 2. The summed E-state index contributed by atoms with van der Waals surface area (Å²) >= 11 is 0. The predicted molar refractivity (Wildman–Crippen MR) is 98.0 cm³/mol. The second kappa shape index (κ2) is 7.63. The number of rotatable bonds is 6. The zero-order chi connectivity index (χ0) is 18.8. The summed E-state index contributed by atoms with van der Waals surface area (Å²) in [5, 5.41) is 7.35. The fraction of sp³-hybridized carbons (Fsp3) is 0.579. The number of fused-ring (bicyclic) bond motifs is 1. The molecular formula is C19H28N4O3. The molecule has 0 radical (unpaired) electrons. The van der Waals surface area contributed by atoms with Gasteiger partial charge in [0.05, 0.1) is 24.4 Å². The van der Waals surface area contributed by atoms with Crippen molar-refractivity contribution in [2.24, 2.45) is 0 Å². The quantitative estimate of drug-likeness (QED) is 0.857. The van der Waals surface area contributed by atoms with Gasteiger partial charge >= 0.3 is 0 Å². The largest absolute Gasteiger partial charge is 0.464 e. The highest BCUT2D eigenvalue weighted by Gasteiger charge is 2.31. The van der Waals surface area contributed by atoms with E-state index >= 15 is 0 Å². The van der Waals surface area contributed by atoms with Crippen molar-refractivity contribution in [3.63, 3.8) is 0 Å². The number of carbonyl (C=O) groups excluding carboxylic acids is 1. The van der Waals surface area contributed by atoms with Crippen molar-refractivity contribution in [1.29, 1.82) is 0 Å². The molecule has 0 bridgehead atoms. The summed E-state index contributed by atoms with van der Waals surface area (Å²) in [6.07, 6.45) is 0.689. The van der Waals surface area contributed by atoms with Crippen LogP contribution in [0.1, 0.15) is 53.2 Å². The van der Waals surface area contributed by atoms with Crippen LogP contribution in [0, 0.1) is 6.92 Å². The summed E-state index contributed by atoms with van der Waals surface area (Å²) < 4.78 is 11.5. The summed E-state index contributed by atoms with van der Waals surface area (Å²) in [5.74, 6) is 1.56. The van der Waals surface area contributed by atoms with Crippen molar-refractivity contribution < 1.29 is 13.9 Å². The number of aromatic amines is 1. The molecule has 0 saturated carbocycles. The number of hydrogen-bond donors (Lipinski definition) is 1. The maximum atomic E-state index is 13.3. The van der Waals surface area contributed by atoms with E-state index in [1.807, 2.05) is 47.0 Å². The molecule has 1 aliphatic rings. The first-order valence-electron chi connectivity index (χ1n) is 9.07. The van der Waals surface area contributed by atoms with Gasteiger partial charge in [0, 0.05) is 25.1 Å². The lowest BCUT2D eigenvalue weighted by Gasteiger charge is -2.27. The predicted octanol–water partition coefficient (Wildman–Crippen LogP) is 2.54. The average molecular weight is 360 g/mol. The van der Waals surface area contributed by atoms with Crippen molar-refractivity contribution in [3.8, 4) is 0 Å². The molecule has 142 valence electrons. The maximum Gasteiger partial charge on any atom is 0.275 e. The van der Waals surface area contributed by atoms with Crippen LogP contribution >= 0.6 is 0 Å². The number of likely N-dealkylation sites (N-methyl/N-ethyl adjacent to an activating group) is 1. The third-order valence-electron chi connectivity index (χ3n) is 4.68. The second-order valence-corrected chi connectivity index (χ2v) is 7.30. The molecule has 0 saturated heterocycles. The molecule has 7 heteroatoms. The molecule has 0 spiro atoms. The van der Waals surface area contributed by atoms with Gasteiger partial charge < -0.3 is 19.0 Å². The fourth-order valence-corrected chi connectivity index (χ4v) is 3.33. The Morgan fingerprint density at radius 2 is 2.08 bits per heavy atom. The molecule has 3 heterocycles. The minimum absolute atomic E-state index is 0.0697. The minimum atomic E-state index is -0.0780. The minimum Gasteiger partial charge on any atom is -0.464 e. The summed E-state index contributed by atoms with van der Waals surface area (Å²) in [7, 11) is 3.99. The topological polar surface area (TPSA) is 74.6 Å². The SMILES string of the molecule is Cc1ccc(CN(CCN(C)C)C(=O)c2n[nH]c3c2C[C@@H](C)O[C@H]3C)o1. The lowest BCUT2D eigenvalue weighted by atomic mass is 9.99. The lowest BCUT2D eigenvalue weighted by molar-refractivity contribution is -0.00703. The summed E-state index contributed by atoms with van der Waals surface area (Å²) in [6.45, 7) is 7.72. The van der Waals surface area contributed by atoms with Crippen LogP contribution in [0.4, 0.5) is 0 Å². The number of hydrogen-bond acceptors (Lipinski definition) is 5. The van der Waals surface area contributed by atoms with Crippen LogP contribution in [0.25, 0.3) is 0 Å². The summed E-state index contributed by atoms with van der Waals surface area (Å²) in [6, 6.07) is 3.84. The van der Waals surface area contributed by atoms with E-state index in [1.165, 1.54) is 0 Å². The van der Waals surface area contributed by atoms with Gasteiger partial charge in [0.2, 0.25) is 0 Å². The van der Waals surface area contributed by atoms with Crippen molar-refractivity contribution in [1.82, 2.24) is 20.0 Å². The van der Waals surface area contributed by atoms with E-state index in [4.69, 9.17) is 9.15 Å². The Hall–Kier alpha value is -2.12. The van der Waals surface area contributed by atoms with Crippen LogP contribution < -0.4 is 0 Å². The van der Waals surface area contributed by atoms with Gasteiger partial charge in [-0.3, -0.25) is 9.89 Å². The molecule has 0 aliphatic carbocycles. The number of furan rings is 1. The number of carbonyl (C=O) groups is 1. The van der Waals surface area contributed by atoms with E-state index in [9.17, 15) is 4.79 Å². The molecule has 26 heavy (non-hydrogen) atoms. The fourth-order valence-electron chi connectivity index (χ4n) is 3.33. The van der Waals surface area contributed by atoms with Crippen LogP contribution in [0.2, 0.25) is 0 Å². The second-order valence-electron chi connectivity index (χ2n) is 7.30. The van der Waals surface area contributed by atoms with Crippen molar-refractivity contribution in [2.45, 2.75) is 45.9 Å². The summed E-state index contributed by atoms with van der Waals surface area (Å²) in [4.78, 5) is 17.1. The van der Waals surface area contributed by atoms with Gasteiger partial charge in [-0.15, -0.1) is 0 Å². The van der Waals surface area contributed by atoms with Gasteiger partial charge in [0.25, 0.3) is 5.91 Å². The highest BCUT2D eigenvalue weighted by atomic mass is 16.5. The standard InChI is InChI=1S/C19H28N4O3/c1-12-6-7-15(26-12)11-23(9-8-22(4)5)19(24)18-16-10-13(2)25-14(3)17(16)20-21-18/h6-7,13-14H,8-11H2,1-5H3,(H,20,21)/t13-,14+/m1/s1. The third kappa shape index (κ3) is 3.99. The van der Waals surface area contributed by atoms with E-state index in [0.29, 0.717) is 25.2 Å². The number of nitrogens with zero attached hydrogens (tertiary/aromatic N) is 3. The van der Waals surface area contributed by atoms with Crippen LogP contribution in [0.3, 0.4) is 0 Å². The van der Waals surface area contributed by atoms with E-state index < -0.39 is 0 Å². The van der Waals surface area contributed by atoms with E-state index in [2.05, 4.69) is 15.1 Å². The smallest absolute Gasteiger partial charge is 0.275 e. The highest BCUT2D eigenvalue weighted by Crippen LogP contribution is 2.30. The monoisotopic (exact) mass is 360 g/mol. The lowest BCUT2D eigenvalue weighted by Crippen LogP contribution is -2.37. The van der Waals surface area contributed by atoms with Crippen LogP contribution in [-0.4, -0.2) is 59.2 Å². The van der Waals surface area contributed by atoms with Crippen LogP contribution in [0.5, 0.6) is 0 Å². The molecule has 0 aromatic carbocycles. The molecule has 1 amide bonds. The number of aryl methyl sites for hydroxylation is 1. The average Bonchev–Trinajstić information content (AvgIpc) is 3.16. The van der Waals surface area contributed by atoms with E-state index in [1.54, 1.807) is 4.90 Å². The Bertz CT molecular complexity index is 765. The van der Waals surface area contributed by atoms with Gasteiger partial charge in [0.1, 0.15) is 11.5 Å². The van der Waals surface area contributed by atoms with Crippen molar-refractivity contribution >= 4 is 5.91 Å². The highest BCUT2D eigenvalue weighted by molar-refractivity contribution is 5.94. The van der Waals surface area contributed by atoms with Gasteiger partial charge in [-0.05, 0) is 47.0 Å².